The lowest BCUT2D eigenvalue weighted by molar-refractivity contribution is -0.343. The Morgan fingerprint density at radius 1 is 0.817 bits per heavy atom. The van der Waals surface area contributed by atoms with Gasteiger partial charge in [0.05, 0.1) is 89.3 Å². The number of unbranched alkanes of at least 4 members (excludes halogenated alkanes) is 1. The third-order valence-corrected chi connectivity index (χ3v) is 31.2. The quantitative estimate of drug-likeness (QED) is 0.00804. The SMILES string of the molecule is CCN(C(=O)OCc1ccc(NC(=O)[C@H](CCCNC(N)=O)CC(=O)[C@@H](NC(=O)[C@H](CCCCN)CC(C)=O)C(C)C)cc1)[C@H]1CO[C@@H](O[C@H]2[C@H](O[C@H]3C#C/C=C(/C)C#CC45C(CC(C)=O)C(=O)C[C@]4(O)/C(=C/CSSC4CCN(C)CC4)C35)O[C@H](C)[C@@H](NO[C@H]3C[C@H](O)[C@H](SC(=O)c4c(C)c(I)c(O[C@@H]5O[C@@H](C)[C@H](O)[C@@H](OC)[C@H]5O)c(OC)c4OC)[C@@H](C)O3)[C@@H]2O)C[C@@H]1OC. The van der Waals surface area contributed by atoms with Crippen molar-refractivity contribution in [1.82, 2.24) is 25.9 Å². The van der Waals surface area contributed by atoms with Gasteiger partial charge in [-0.3, -0.25) is 28.8 Å². The molecule has 8 aliphatic rings. The van der Waals surface area contributed by atoms with Crippen LogP contribution in [0.2, 0.25) is 0 Å². The van der Waals surface area contributed by atoms with Gasteiger partial charge in [0.2, 0.25) is 29.0 Å². The Labute approximate surface area is 792 Å². The first-order valence-corrected chi connectivity index (χ1v) is 49.1. The minimum absolute atomic E-state index is 0.000785. The standard InChI is InChI=1S/C92H131IN8O27S3/c1-16-101(90(114)121-45-55-25-27-58(28-26-55)97-84(110)57(23-20-35-96-89(95)113)41-63(104)73(47(2)3)98-85(111)56(39-49(5)102)22-17-18-34-94)62-46-120-68(43-67(62)116-12)126-81-76(108)74(99-128-69-42-64(105)83(54(10)122-69)130-86(112)70-51(7)72(93)79(82(119-15)78(70)117-13)127-87-77(109)80(118-14)75(107)53(9)124-87)52(8)123-88(81)125-66-24-19-21-48(4)29-33-91-61(40-50(6)103)65(106)44-92(91,115)60(71(66)91)32-38-129-131-59-30-36-100(11)37-31-59/h21,25-28,32,47,52-54,56-57,59,61-62,64,66-69,71,73-77,80-81,83,87-88,99,105,107-109,115H,16-18,20,22-23,30-31,34-46,94H2,1-15H3,(H,97,110)(H,98,111)(H3,95,96,113)/b48-21-,60-32+/t52-,53+,54-,56-,57-,61?,62+,64+,66+,67+,68+,69+,71?,73+,74-,75+,76+,77-,80-,81-,83-,87+,88+,91?,92+/m1/s1. The second-order valence-corrected chi connectivity index (χ2v) is 40.2. The highest BCUT2D eigenvalue weighted by Crippen LogP contribution is 2.70. The van der Waals surface area contributed by atoms with Gasteiger partial charge in [0, 0.05) is 112 Å². The number of ketones is 4. The third kappa shape index (κ3) is 25.8. The number of rotatable bonds is 43. The van der Waals surface area contributed by atoms with Crippen molar-refractivity contribution < 1.29 is 130 Å². The number of benzene rings is 2. The monoisotopic (exact) mass is 2000 g/mol. The number of likely N-dealkylation sites (tertiary alicyclic amines) is 1. The van der Waals surface area contributed by atoms with Crippen LogP contribution in [0.4, 0.5) is 15.3 Å². The number of methoxy groups -OCH3 is 4. The summed E-state index contributed by atoms with van der Waals surface area (Å²) < 4.78 is 75.6. The van der Waals surface area contributed by atoms with Gasteiger partial charge in [0.25, 0.3) is 0 Å². The van der Waals surface area contributed by atoms with Crippen molar-refractivity contribution in [1.29, 1.82) is 0 Å². The molecule has 5 heterocycles. The Morgan fingerprint density at radius 3 is 2.15 bits per heavy atom. The second-order valence-electron chi connectivity index (χ2n) is 35.3. The van der Waals surface area contributed by atoms with Crippen LogP contribution >= 0.6 is 55.9 Å². The number of hydroxylamine groups is 1. The molecule has 35 nitrogen and oxygen atoms in total. The molecule has 5 amide bonds. The number of primary amides is 1. The van der Waals surface area contributed by atoms with Gasteiger partial charge in [-0.25, -0.2) is 9.59 Å². The van der Waals surface area contributed by atoms with Gasteiger partial charge in [0.1, 0.15) is 66.2 Å². The van der Waals surface area contributed by atoms with Crippen LogP contribution in [0.1, 0.15) is 167 Å². The lowest BCUT2D eigenvalue weighted by atomic mass is 9.44. The van der Waals surface area contributed by atoms with Crippen molar-refractivity contribution in [2.45, 2.75) is 286 Å². The van der Waals surface area contributed by atoms with Gasteiger partial charge in [0.15, 0.2) is 36.2 Å². The molecule has 0 radical (unpaired) electrons. The largest absolute Gasteiger partial charge is 0.492 e. The summed E-state index contributed by atoms with van der Waals surface area (Å²) in [7, 11) is 11.0. The number of allylic oxidation sites excluding steroid dienone is 2. The highest BCUT2D eigenvalue weighted by molar-refractivity contribution is 14.1. The minimum atomic E-state index is -1.84. The minimum Gasteiger partial charge on any atom is -0.492 e. The molecule has 131 heavy (non-hydrogen) atoms. The number of hydrogen-bond acceptors (Lipinski definition) is 33. The molecule has 25 atom stereocenters. The fourth-order valence-electron chi connectivity index (χ4n) is 18.6. The predicted octanol–water partition coefficient (Wildman–Crippen LogP) is 6.88. The summed E-state index contributed by atoms with van der Waals surface area (Å²) in [6, 6.07) is 2.83. The smallest absolute Gasteiger partial charge is 0.410 e. The van der Waals surface area contributed by atoms with Gasteiger partial charge in [-0.05, 0) is 184 Å². The Balaban J connectivity index is 0.857. The van der Waals surface area contributed by atoms with Gasteiger partial charge < -0.3 is 129 Å². The van der Waals surface area contributed by atoms with E-state index in [0.29, 0.717) is 68.3 Å². The van der Waals surface area contributed by atoms with Crippen molar-refractivity contribution in [2.75, 3.05) is 85.9 Å². The maximum Gasteiger partial charge on any atom is 0.410 e. The molecule has 0 bridgehead atoms. The molecule has 3 unspecified atom stereocenters. The van der Waals surface area contributed by atoms with Crippen molar-refractivity contribution in [3.05, 3.63) is 67.8 Å². The van der Waals surface area contributed by atoms with Crippen LogP contribution in [0, 0.1) is 69.2 Å². The van der Waals surface area contributed by atoms with Crippen LogP contribution in [0.15, 0.2) is 47.6 Å². The number of thioether (sulfide) groups is 1. The van der Waals surface area contributed by atoms with E-state index < -0.39 is 185 Å². The first-order valence-electron chi connectivity index (χ1n) is 44.8. The van der Waals surface area contributed by atoms with Gasteiger partial charge in [-0.15, -0.1) is 0 Å². The summed E-state index contributed by atoms with van der Waals surface area (Å²) in [6.45, 7) is 18.6. The first kappa shape index (κ1) is 106. The van der Waals surface area contributed by atoms with E-state index in [1.54, 1.807) is 107 Å². The summed E-state index contributed by atoms with van der Waals surface area (Å²) in [5, 5.41) is 67.5. The molecule has 5 aliphatic heterocycles. The molecule has 726 valence electrons. The molecule has 13 N–H and O–H groups in total. The van der Waals surface area contributed by atoms with Crippen LogP contribution in [0.25, 0.3) is 0 Å². The zero-order valence-electron chi connectivity index (χ0n) is 77.1. The molecule has 39 heteroatoms. The van der Waals surface area contributed by atoms with Crippen LogP contribution in [-0.2, 0) is 82.8 Å². The summed E-state index contributed by atoms with van der Waals surface area (Å²) >= 11 is 2.80. The molecule has 2 aromatic carbocycles. The number of aliphatic hydroxyl groups excluding tert-OH is 4. The van der Waals surface area contributed by atoms with Crippen molar-refractivity contribution in [3.63, 3.8) is 0 Å². The topological polar surface area (TPSA) is 481 Å². The van der Waals surface area contributed by atoms with E-state index in [1.807, 2.05) is 28.7 Å². The number of ether oxygens (including phenoxy) is 12. The number of aliphatic hydroxyl groups is 5. The summed E-state index contributed by atoms with van der Waals surface area (Å²) in [6.07, 6.45) is -12.3. The summed E-state index contributed by atoms with van der Waals surface area (Å²) in [5.41, 5.74) is 12.9. The lowest BCUT2D eigenvalue weighted by Crippen LogP contribution is -2.69. The van der Waals surface area contributed by atoms with E-state index in [0.717, 1.165) is 37.7 Å². The summed E-state index contributed by atoms with van der Waals surface area (Å²) in [4.78, 5) is 133. The van der Waals surface area contributed by atoms with E-state index in [2.05, 4.69) is 57.1 Å². The first-order chi connectivity index (χ1) is 62.4. The average molecular weight is 2000 g/mol. The molecule has 2 saturated carbocycles. The number of hydrogen-bond donors (Lipinski definition) is 11. The maximum atomic E-state index is 14.7. The zero-order chi connectivity index (χ0) is 95.6. The highest BCUT2D eigenvalue weighted by atomic mass is 127. The van der Waals surface area contributed by atoms with E-state index in [-0.39, 0.29) is 124 Å². The third-order valence-electron chi connectivity index (χ3n) is 25.7. The van der Waals surface area contributed by atoms with E-state index in [1.165, 1.54) is 47.2 Å². The number of halogens is 1. The van der Waals surface area contributed by atoms with Crippen molar-refractivity contribution in [3.8, 4) is 40.9 Å². The number of carbonyl (C=O) groups excluding carboxylic acids is 9. The number of urea groups is 1. The number of nitrogens with one attached hydrogen (secondary N) is 4. The normalized spacial score (nSPS) is 31.5. The van der Waals surface area contributed by atoms with E-state index >= 15 is 0 Å². The van der Waals surface area contributed by atoms with Crippen molar-refractivity contribution >= 4 is 114 Å². The number of anilines is 1. The fraction of sp³-hybridized carbons (Fsp3) is 0.685. The second kappa shape index (κ2) is 48.9. The fourth-order valence-corrected chi connectivity index (χ4v) is 22.9. The Bertz CT molecular complexity index is 4510. The number of nitrogens with two attached hydrogens (primary N) is 2. The molecular weight excluding hydrogens is 1870 g/mol. The Morgan fingerprint density at radius 2 is 1.51 bits per heavy atom. The molecule has 1 spiro atoms. The Hall–Kier alpha value is -6.63. The molecule has 0 aromatic heterocycles. The zero-order valence-corrected chi connectivity index (χ0v) is 81.7. The van der Waals surface area contributed by atoms with Gasteiger partial charge in [-0.1, -0.05) is 95.5 Å². The molecule has 3 aliphatic carbocycles. The predicted molar refractivity (Wildman–Crippen MR) is 496 cm³/mol. The maximum absolute atomic E-state index is 14.7. The number of piperidine rings is 1. The lowest BCUT2D eigenvalue weighted by Gasteiger charge is -2.60. The van der Waals surface area contributed by atoms with Gasteiger partial charge >= 0.3 is 12.1 Å². The summed E-state index contributed by atoms with van der Waals surface area (Å²) in [5.74, 6) is 7.33. The van der Waals surface area contributed by atoms with E-state index in [4.69, 9.17) is 73.1 Å². The van der Waals surface area contributed by atoms with Crippen LogP contribution in [-0.4, -0.2) is 295 Å². The number of nitrogens with zero attached hydrogens (tertiary/aromatic N) is 2. The molecule has 10 rings (SSSR count). The van der Waals surface area contributed by atoms with E-state index in [9.17, 15) is 68.7 Å². The molecule has 5 saturated heterocycles. The molecular formula is C92H131IN8O27S3. The van der Waals surface area contributed by atoms with Crippen molar-refractivity contribution in [2.24, 2.45) is 46.5 Å². The van der Waals surface area contributed by atoms with Crippen LogP contribution in [0.3, 0.4) is 0 Å². The average Bonchev–Trinajstić information content (AvgIpc) is 1.51. The highest BCUT2D eigenvalue weighted by Gasteiger charge is 2.78. The molecule has 2 aromatic rings. The van der Waals surface area contributed by atoms with Gasteiger partial charge in [-0.2, -0.15) is 5.48 Å². The molecule has 7 fully saturated rings. The van der Waals surface area contributed by atoms with Crippen LogP contribution in [0.5, 0.6) is 17.2 Å². The van der Waals surface area contributed by atoms with Crippen LogP contribution < -0.4 is 47.1 Å². The number of amides is 5. The number of Topliss-reactive ketones (excluding diaryl/α,β-unsaturated/α-hetero) is 4. The number of likely N-dealkylation sites (N-methyl/N-ethyl adjacent to an activating group) is 1. The Kier molecular flexibility index (Phi) is 39.7. The number of carbonyl (C=O) groups is 9.